The quantitative estimate of drug-likeness (QED) is 0.642. The van der Waals surface area contributed by atoms with Gasteiger partial charge in [-0.2, -0.15) is 0 Å². The minimum Gasteiger partial charge on any atom is -0.338 e. The molecule has 3 aromatic rings. The zero-order valence-electron chi connectivity index (χ0n) is 17.1. The first-order chi connectivity index (χ1) is 15.2. The van der Waals surface area contributed by atoms with Crippen LogP contribution in [0.3, 0.4) is 0 Å². The molecule has 0 aliphatic carbocycles. The predicted molar refractivity (Wildman–Crippen MR) is 120 cm³/mol. The van der Waals surface area contributed by atoms with E-state index < -0.39 is 0 Å². The van der Waals surface area contributed by atoms with E-state index in [-0.39, 0.29) is 18.4 Å². The zero-order valence-corrected chi connectivity index (χ0v) is 17.1. The van der Waals surface area contributed by atoms with E-state index in [1.165, 1.54) is 0 Å². The summed E-state index contributed by atoms with van der Waals surface area (Å²) < 4.78 is 0. The minimum atomic E-state index is -0.265. The van der Waals surface area contributed by atoms with Crippen molar-refractivity contribution < 1.29 is 9.59 Å². The van der Waals surface area contributed by atoms with Crippen molar-refractivity contribution in [3.8, 4) is 0 Å². The Morgan fingerprint density at radius 2 is 1.48 bits per heavy atom. The van der Waals surface area contributed by atoms with Crippen LogP contribution in [0.4, 0.5) is 17.3 Å². The maximum absolute atomic E-state index is 12.7. The number of para-hydroxylation sites is 2. The second-order valence-electron chi connectivity index (χ2n) is 7.23. The van der Waals surface area contributed by atoms with Gasteiger partial charge in [0.25, 0.3) is 5.91 Å². The second kappa shape index (κ2) is 9.82. The summed E-state index contributed by atoms with van der Waals surface area (Å²) in [6.45, 7) is 3.25. The normalized spacial score (nSPS) is 14.1. The maximum atomic E-state index is 12.7. The smallest absolute Gasteiger partial charge is 0.257 e. The van der Waals surface area contributed by atoms with Crippen LogP contribution in [0, 0.1) is 0 Å². The van der Waals surface area contributed by atoms with Crippen LogP contribution in [0.25, 0.3) is 0 Å². The molecule has 8 nitrogen and oxygen atoms in total. The molecule has 0 saturated carbocycles. The number of amides is 2. The molecule has 31 heavy (non-hydrogen) atoms. The first-order valence-electron chi connectivity index (χ1n) is 10.2. The molecule has 2 N–H and O–H groups in total. The molecule has 1 fully saturated rings. The second-order valence-corrected chi connectivity index (χ2v) is 7.23. The van der Waals surface area contributed by atoms with Crippen molar-refractivity contribution in [2.24, 2.45) is 0 Å². The van der Waals surface area contributed by atoms with Crippen molar-refractivity contribution in [2.75, 3.05) is 48.3 Å². The van der Waals surface area contributed by atoms with Crippen LogP contribution in [0.1, 0.15) is 10.4 Å². The van der Waals surface area contributed by atoms with E-state index >= 15 is 0 Å². The molecule has 2 heterocycles. The lowest BCUT2D eigenvalue weighted by atomic mass is 10.1. The van der Waals surface area contributed by atoms with Crippen LogP contribution in [0.15, 0.2) is 73.1 Å². The number of rotatable bonds is 6. The van der Waals surface area contributed by atoms with Crippen molar-refractivity contribution in [3.63, 3.8) is 0 Å². The molecule has 2 amide bonds. The highest BCUT2D eigenvalue weighted by Gasteiger charge is 2.21. The Kier molecular flexibility index (Phi) is 6.49. The number of nitrogens with one attached hydrogen (secondary N) is 2. The molecule has 1 saturated heterocycles. The number of benzene rings is 2. The number of aromatic nitrogens is 2. The van der Waals surface area contributed by atoms with Crippen LogP contribution >= 0.6 is 0 Å². The van der Waals surface area contributed by atoms with E-state index in [1.54, 1.807) is 42.7 Å². The Morgan fingerprint density at radius 3 is 2.23 bits per heavy atom. The largest absolute Gasteiger partial charge is 0.338 e. The Hall–Kier alpha value is -3.78. The average Bonchev–Trinajstić information content (AvgIpc) is 2.81. The van der Waals surface area contributed by atoms with Crippen LogP contribution < -0.4 is 15.5 Å². The minimum absolute atomic E-state index is 0.149. The van der Waals surface area contributed by atoms with Gasteiger partial charge in [0.15, 0.2) is 0 Å². The Bertz CT molecular complexity index is 1020. The summed E-state index contributed by atoms with van der Waals surface area (Å²) >= 11 is 0. The maximum Gasteiger partial charge on any atom is 0.257 e. The number of anilines is 3. The molecule has 0 radical (unpaired) electrons. The van der Waals surface area contributed by atoms with Gasteiger partial charge in [-0.05, 0) is 30.3 Å². The molecule has 1 aromatic heterocycles. The molecule has 0 spiro atoms. The molecule has 1 aliphatic rings. The first kappa shape index (κ1) is 20.5. The monoisotopic (exact) mass is 416 g/mol. The number of nitrogens with zero attached hydrogens (tertiary/aromatic N) is 4. The predicted octanol–water partition coefficient (Wildman–Crippen LogP) is 2.49. The first-order valence-corrected chi connectivity index (χ1v) is 10.2. The van der Waals surface area contributed by atoms with Gasteiger partial charge in [0.05, 0.1) is 17.8 Å². The fraction of sp³-hybridized carbons (Fsp3) is 0.217. The fourth-order valence-electron chi connectivity index (χ4n) is 3.46. The third kappa shape index (κ3) is 5.43. The SMILES string of the molecule is O=C(CN1CCN(c2ncccn2)CC1)Nc1ccccc1C(=O)Nc1ccccc1. The van der Waals surface area contributed by atoms with Gasteiger partial charge in [0.2, 0.25) is 11.9 Å². The fourth-order valence-corrected chi connectivity index (χ4v) is 3.46. The summed E-state index contributed by atoms with van der Waals surface area (Å²) in [5.41, 5.74) is 1.62. The van der Waals surface area contributed by atoms with Gasteiger partial charge in [0.1, 0.15) is 0 Å². The zero-order chi connectivity index (χ0) is 21.5. The lowest BCUT2D eigenvalue weighted by Gasteiger charge is -2.34. The van der Waals surface area contributed by atoms with Crippen molar-refractivity contribution in [3.05, 3.63) is 78.6 Å². The number of hydrogen-bond donors (Lipinski definition) is 2. The summed E-state index contributed by atoms with van der Waals surface area (Å²) in [4.78, 5) is 38.1. The molecule has 0 unspecified atom stereocenters. The van der Waals surface area contributed by atoms with E-state index in [2.05, 4.69) is 30.4 Å². The van der Waals surface area contributed by atoms with Crippen LogP contribution in [0.5, 0.6) is 0 Å². The molecule has 1 aliphatic heterocycles. The molecule has 4 rings (SSSR count). The Morgan fingerprint density at radius 1 is 0.806 bits per heavy atom. The standard InChI is InChI=1S/C23H24N6O2/c30-21(17-28-13-15-29(16-14-28)23-24-11-6-12-25-23)27-20-10-5-4-9-19(20)22(31)26-18-7-2-1-3-8-18/h1-12H,13-17H2,(H,26,31)(H,27,30). The van der Waals surface area contributed by atoms with Crippen LogP contribution in [-0.2, 0) is 4.79 Å². The van der Waals surface area contributed by atoms with Crippen LogP contribution in [-0.4, -0.2) is 59.4 Å². The number of piperazine rings is 1. The van der Waals surface area contributed by atoms with E-state index in [9.17, 15) is 9.59 Å². The molecule has 0 bridgehead atoms. The van der Waals surface area contributed by atoms with E-state index in [4.69, 9.17) is 0 Å². The van der Waals surface area contributed by atoms with Gasteiger partial charge < -0.3 is 15.5 Å². The highest BCUT2D eigenvalue weighted by molar-refractivity contribution is 6.10. The van der Waals surface area contributed by atoms with E-state index in [0.717, 1.165) is 26.2 Å². The molecule has 8 heteroatoms. The summed E-state index contributed by atoms with van der Waals surface area (Å²) in [6, 6.07) is 18.0. The topological polar surface area (TPSA) is 90.5 Å². The van der Waals surface area contributed by atoms with Crippen molar-refractivity contribution in [2.45, 2.75) is 0 Å². The lowest BCUT2D eigenvalue weighted by molar-refractivity contribution is -0.117. The molecule has 2 aromatic carbocycles. The number of carbonyl (C=O) groups is 2. The van der Waals surface area contributed by atoms with Crippen molar-refractivity contribution >= 4 is 29.1 Å². The molecule has 0 atom stereocenters. The van der Waals surface area contributed by atoms with Gasteiger partial charge in [-0.25, -0.2) is 9.97 Å². The summed E-state index contributed by atoms with van der Waals surface area (Å²) in [5.74, 6) is 0.299. The molecule has 158 valence electrons. The third-order valence-corrected chi connectivity index (χ3v) is 5.05. The summed E-state index contributed by atoms with van der Waals surface area (Å²) in [6.07, 6.45) is 3.46. The molecular formula is C23H24N6O2. The van der Waals surface area contributed by atoms with Crippen molar-refractivity contribution in [1.82, 2.24) is 14.9 Å². The summed E-state index contributed by atoms with van der Waals surface area (Å²) in [7, 11) is 0. The van der Waals surface area contributed by atoms with Gasteiger partial charge in [0, 0.05) is 44.3 Å². The van der Waals surface area contributed by atoms with Gasteiger partial charge in [-0.3, -0.25) is 14.5 Å². The average molecular weight is 416 g/mol. The van der Waals surface area contributed by atoms with E-state index in [0.29, 0.717) is 22.9 Å². The highest BCUT2D eigenvalue weighted by atomic mass is 16.2. The highest BCUT2D eigenvalue weighted by Crippen LogP contribution is 2.18. The Labute approximate surface area is 180 Å². The third-order valence-electron chi connectivity index (χ3n) is 5.05. The van der Waals surface area contributed by atoms with E-state index in [1.807, 2.05) is 30.3 Å². The number of carbonyl (C=O) groups excluding carboxylic acids is 2. The van der Waals surface area contributed by atoms with Gasteiger partial charge in [-0.1, -0.05) is 30.3 Å². The van der Waals surface area contributed by atoms with Gasteiger partial charge in [-0.15, -0.1) is 0 Å². The lowest BCUT2D eigenvalue weighted by Crippen LogP contribution is -2.49. The number of hydrogen-bond acceptors (Lipinski definition) is 6. The van der Waals surface area contributed by atoms with Gasteiger partial charge >= 0.3 is 0 Å². The summed E-state index contributed by atoms with van der Waals surface area (Å²) in [5, 5.41) is 5.74. The Balaban J connectivity index is 1.33. The molecular weight excluding hydrogens is 392 g/mol. The van der Waals surface area contributed by atoms with Crippen LogP contribution in [0.2, 0.25) is 0 Å². The van der Waals surface area contributed by atoms with Crippen molar-refractivity contribution in [1.29, 1.82) is 0 Å².